The molecule has 2 atom stereocenters. The number of guanidine groups is 1. The van der Waals surface area contributed by atoms with E-state index in [2.05, 4.69) is 27.9 Å². The van der Waals surface area contributed by atoms with Crippen LogP contribution in [0.4, 0.5) is 0 Å². The van der Waals surface area contributed by atoms with Crippen LogP contribution in [-0.4, -0.2) is 30.5 Å². The van der Waals surface area contributed by atoms with Gasteiger partial charge in [-0.05, 0) is 50.8 Å². The van der Waals surface area contributed by atoms with Crippen molar-refractivity contribution in [2.75, 3.05) is 7.05 Å². The number of nitrogens with one attached hydrogen (secondary N) is 3. The van der Waals surface area contributed by atoms with E-state index in [9.17, 15) is 4.79 Å². The van der Waals surface area contributed by atoms with Crippen LogP contribution in [0.25, 0.3) is 0 Å². The van der Waals surface area contributed by atoms with E-state index in [0.29, 0.717) is 18.2 Å². The molecule has 0 aromatic heterocycles. The van der Waals surface area contributed by atoms with Crippen LogP contribution in [-0.2, 0) is 6.54 Å². The van der Waals surface area contributed by atoms with Crippen LogP contribution in [0.1, 0.15) is 50.0 Å². The predicted molar refractivity (Wildman–Crippen MR) is 94.6 cm³/mol. The zero-order valence-electron chi connectivity index (χ0n) is 14.7. The van der Waals surface area contributed by atoms with Crippen molar-refractivity contribution in [1.29, 1.82) is 0 Å². The van der Waals surface area contributed by atoms with Gasteiger partial charge in [0, 0.05) is 30.7 Å². The zero-order valence-corrected chi connectivity index (χ0v) is 14.7. The maximum atomic E-state index is 12.2. The normalized spacial score (nSPS) is 20.8. The summed E-state index contributed by atoms with van der Waals surface area (Å²) in [6.07, 6.45) is 1.20. The third kappa shape index (κ3) is 5.58. The van der Waals surface area contributed by atoms with Gasteiger partial charge in [0.2, 0.25) is 0 Å². The molecule has 1 aromatic carbocycles. The number of carbonyl (C=O) groups excluding carboxylic acids is 1. The Morgan fingerprint density at radius 3 is 2.61 bits per heavy atom. The molecule has 5 nitrogen and oxygen atoms in total. The first-order valence-electron chi connectivity index (χ1n) is 8.17. The Bertz CT molecular complexity index is 589. The van der Waals surface area contributed by atoms with E-state index in [1.165, 1.54) is 6.42 Å². The molecule has 1 aromatic rings. The number of rotatable bonds is 4. The number of aliphatic imine (C=N–C) groups is 1. The lowest BCUT2D eigenvalue weighted by molar-refractivity contribution is 0.0919. The van der Waals surface area contributed by atoms with Gasteiger partial charge >= 0.3 is 0 Å². The second-order valence-corrected chi connectivity index (χ2v) is 7.29. The van der Waals surface area contributed by atoms with Gasteiger partial charge in [0.15, 0.2) is 5.96 Å². The topological polar surface area (TPSA) is 65.5 Å². The van der Waals surface area contributed by atoms with Crippen LogP contribution in [0.5, 0.6) is 0 Å². The minimum atomic E-state index is -0.238. The zero-order chi connectivity index (χ0) is 17.0. The van der Waals surface area contributed by atoms with E-state index in [1.54, 1.807) is 7.05 Å². The van der Waals surface area contributed by atoms with Crippen molar-refractivity contribution in [3.8, 4) is 0 Å². The number of hydrogen-bond acceptors (Lipinski definition) is 2. The number of carbonyl (C=O) groups is 1. The molecule has 0 saturated heterocycles. The molecular weight excluding hydrogens is 288 g/mol. The van der Waals surface area contributed by atoms with Gasteiger partial charge in [-0.25, -0.2) is 0 Å². The summed E-state index contributed by atoms with van der Waals surface area (Å²) in [4.78, 5) is 16.5. The highest BCUT2D eigenvalue weighted by molar-refractivity contribution is 5.94. The summed E-state index contributed by atoms with van der Waals surface area (Å²) in [5.74, 6) is 1.48. The van der Waals surface area contributed by atoms with Crippen LogP contribution in [0, 0.1) is 5.92 Å². The molecule has 2 unspecified atom stereocenters. The van der Waals surface area contributed by atoms with Crippen molar-refractivity contribution in [1.82, 2.24) is 16.0 Å². The monoisotopic (exact) mass is 316 g/mol. The average Bonchev–Trinajstić information content (AvgIpc) is 3.17. The highest BCUT2D eigenvalue weighted by atomic mass is 16.1. The molecule has 2 rings (SSSR count). The third-order valence-electron chi connectivity index (χ3n) is 3.79. The molecule has 1 amide bonds. The SMILES string of the molecule is CN=C(NCc1cccc(C(=O)NC(C)(C)C)c1)NC1CC1C. The first kappa shape index (κ1) is 17.3. The molecule has 0 aliphatic heterocycles. The van der Waals surface area contributed by atoms with Crippen molar-refractivity contribution in [2.45, 2.75) is 52.2 Å². The van der Waals surface area contributed by atoms with Gasteiger partial charge in [0.25, 0.3) is 5.91 Å². The maximum Gasteiger partial charge on any atom is 0.251 e. The fourth-order valence-corrected chi connectivity index (χ4v) is 2.31. The standard InChI is InChI=1S/C18H28N4O/c1-12-9-15(12)21-17(19-5)20-11-13-7-6-8-14(10-13)16(23)22-18(2,3)4/h6-8,10,12,15H,9,11H2,1-5H3,(H,22,23)(H2,19,20,21). The van der Waals surface area contributed by atoms with E-state index < -0.39 is 0 Å². The molecule has 0 bridgehead atoms. The van der Waals surface area contributed by atoms with Gasteiger partial charge in [-0.15, -0.1) is 0 Å². The van der Waals surface area contributed by atoms with Crippen molar-refractivity contribution in [3.63, 3.8) is 0 Å². The molecule has 3 N–H and O–H groups in total. The van der Waals surface area contributed by atoms with Crippen molar-refractivity contribution in [2.24, 2.45) is 10.9 Å². The minimum absolute atomic E-state index is 0.0475. The first-order chi connectivity index (χ1) is 10.8. The van der Waals surface area contributed by atoms with E-state index in [4.69, 9.17) is 0 Å². The van der Waals surface area contributed by atoms with E-state index in [1.807, 2.05) is 45.0 Å². The molecule has 0 spiro atoms. The lowest BCUT2D eigenvalue weighted by Crippen LogP contribution is -2.40. The number of amides is 1. The minimum Gasteiger partial charge on any atom is -0.353 e. The summed E-state index contributed by atoms with van der Waals surface area (Å²) in [7, 11) is 1.77. The molecule has 1 saturated carbocycles. The van der Waals surface area contributed by atoms with Gasteiger partial charge in [0.1, 0.15) is 0 Å². The van der Waals surface area contributed by atoms with Gasteiger partial charge in [-0.2, -0.15) is 0 Å². The summed E-state index contributed by atoms with van der Waals surface area (Å²) in [6.45, 7) is 8.79. The molecule has 1 aliphatic carbocycles. The Morgan fingerprint density at radius 2 is 2.04 bits per heavy atom. The Labute approximate surface area is 139 Å². The van der Waals surface area contributed by atoms with Gasteiger partial charge in [0.05, 0.1) is 0 Å². The molecule has 1 aliphatic rings. The molecule has 126 valence electrons. The first-order valence-corrected chi connectivity index (χ1v) is 8.17. The van der Waals surface area contributed by atoms with Gasteiger partial charge in [-0.1, -0.05) is 19.1 Å². The predicted octanol–water partition coefficient (Wildman–Crippen LogP) is 2.29. The van der Waals surface area contributed by atoms with Crippen LogP contribution in [0.3, 0.4) is 0 Å². The maximum absolute atomic E-state index is 12.2. The second kappa shape index (κ2) is 7.02. The lowest BCUT2D eigenvalue weighted by atomic mass is 10.1. The Hall–Kier alpha value is -2.04. The smallest absolute Gasteiger partial charge is 0.251 e. The average molecular weight is 316 g/mol. The van der Waals surface area contributed by atoms with Crippen LogP contribution in [0.2, 0.25) is 0 Å². The lowest BCUT2D eigenvalue weighted by Gasteiger charge is -2.20. The summed E-state index contributed by atoms with van der Waals surface area (Å²) < 4.78 is 0. The number of benzene rings is 1. The van der Waals surface area contributed by atoms with Crippen LogP contribution >= 0.6 is 0 Å². The highest BCUT2D eigenvalue weighted by Gasteiger charge is 2.33. The number of nitrogens with zero attached hydrogens (tertiary/aromatic N) is 1. The van der Waals surface area contributed by atoms with E-state index >= 15 is 0 Å². The largest absolute Gasteiger partial charge is 0.353 e. The van der Waals surface area contributed by atoms with E-state index in [-0.39, 0.29) is 11.4 Å². The fraction of sp³-hybridized carbons (Fsp3) is 0.556. The van der Waals surface area contributed by atoms with Crippen molar-refractivity contribution < 1.29 is 4.79 Å². The van der Waals surface area contributed by atoms with Gasteiger partial charge in [-0.3, -0.25) is 9.79 Å². The summed E-state index contributed by atoms with van der Waals surface area (Å²) in [5, 5.41) is 9.67. The molecule has 0 heterocycles. The van der Waals surface area contributed by atoms with Crippen molar-refractivity contribution in [3.05, 3.63) is 35.4 Å². The molecule has 0 radical (unpaired) electrons. The van der Waals surface area contributed by atoms with Crippen LogP contribution in [0.15, 0.2) is 29.3 Å². The highest BCUT2D eigenvalue weighted by Crippen LogP contribution is 2.28. The Balaban J connectivity index is 1.93. The number of hydrogen-bond donors (Lipinski definition) is 3. The Kier molecular flexibility index (Phi) is 5.29. The summed E-state index contributed by atoms with van der Waals surface area (Å²) in [5.41, 5.74) is 1.49. The molecule has 5 heteroatoms. The Morgan fingerprint density at radius 1 is 1.35 bits per heavy atom. The second-order valence-electron chi connectivity index (χ2n) is 7.29. The summed E-state index contributed by atoms with van der Waals surface area (Å²) >= 11 is 0. The van der Waals surface area contributed by atoms with E-state index in [0.717, 1.165) is 17.4 Å². The molecular formula is C18H28N4O. The quantitative estimate of drug-likeness (QED) is 0.590. The van der Waals surface area contributed by atoms with Gasteiger partial charge < -0.3 is 16.0 Å². The van der Waals surface area contributed by atoms with Crippen molar-refractivity contribution >= 4 is 11.9 Å². The molecule has 23 heavy (non-hydrogen) atoms. The van der Waals surface area contributed by atoms with Crippen LogP contribution < -0.4 is 16.0 Å². The molecule has 1 fully saturated rings. The third-order valence-corrected chi connectivity index (χ3v) is 3.79. The summed E-state index contributed by atoms with van der Waals surface area (Å²) in [6, 6.07) is 8.21. The fourth-order valence-electron chi connectivity index (χ4n) is 2.31.